The summed E-state index contributed by atoms with van der Waals surface area (Å²) >= 11 is 0. The van der Waals surface area contributed by atoms with E-state index in [0.29, 0.717) is 25.5 Å². The molecule has 0 unspecified atom stereocenters. The number of hydrogen-bond donors (Lipinski definition) is 2. The first-order chi connectivity index (χ1) is 14.0. The average Bonchev–Trinajstić information content (AvgIpc) is 3.15. The zero-order valence-electron chi connectivity index (χ0n) is 17.9. The van der Waals surface area contributed by atoms with Crippen molar-refractivity contribution in [3.8, 4) is 5.75 Å². The minimum Gasteiger partial charge on any atom is -0.494 e. The number of ether oxygens (including phenoxy) is 1. The summed E-state index contributed by atoms with van der Waals surface area (Å²) in [5, 5.41) is 4.27. The van der Waals surface area contributed by atoms with Gasteiger partial charge in [0.1, 0.15) is 5.75 Å². The van der Waals surface area contributed by atoms with Crippen LogP contribution in [0, 0.1) is 5.92 Å². The zero-order chi connectivity index (χ0) is 20.8. The highest BCUT2D eigenvalue weighted by molar-refractivity contribution is 5.88. The van der Waals surface area contributed by atoms with Gasteiger partial charge in [-0.2, -0.15) is 0 Å². The van der Waals surface area contributed by atoms with Gasteiger partial charge < -0.3 is 15.0 Å². The monoisotopic (exact) mass is 392 g/mol. The van der Waals surface area contributed by atoms with Gasteiger partial charge in [-0.3, -0.25) is 4.79 Å². The highest BCUT2D eigenvalue weighted by atomic mass is 16.5. The molecule has 0 radical (unpaired) electrons. The molecule has 0 aliphatic rings. The molecule has 1 atom stereocenters. The van der Waals surface area contributed by atoms with Gasteiger partial charge in [0.05, 0.1) is 6.61 Å². The highest BCUT2D eigenvalue weighted by Crippen LogP contribution is 2.35. The molecule has 154 valence electrons. The van der Waals surface area contributed by atoms with E-state index in [2.05, 4.69) is 67.6 Å². The minimum absolute atomic E-state index is 0.0151. The third-order valence-corrected chi connectivity index (χ3v) is 5.28. The smallest absolute Gasteiger partial charge is 0.220 e. The van der Waals surface area contributed by atoms with E-state index in [1.54, 1.807) is 0 Å². The third kappa shape index (κ3) is 5.00. The Bertz CT molecular complexity index is 941. The molecular formula is C25H32N2O2. The van der Waals surface area contributed by atoms with E-state index in [0.717, 1.165) is 17.7 Å². The quantitative estimate of drug-likeness (QED) is 0.511. The van der Waals surface area contributed by atoms with E-state index in [9.17, 15) is 4.79 Å². The fraction of sp³-hybridized carbons (Fsp3) is 0.400. The number of nitrogens with one attached hydrogen (secondary N) is 2. The molecule has 3 aromatic rings. The number of hydrogen-bond acceptors (Lipinski definition) is 2. The van der Waals surface area contributed by atoms with Gasteiger partial charge in [-0.05, 0) is 48.1 Å². The second-order valence-electron chi connectivity index (χ2n) is 7.89. The lowest BCUT2D eigenvalue weighted by atomic mass is 9.87. The van der Waals surface area contributed by atoms with Gasteiger partial charge in [0, 0.05) is 36.0 Å². The lowest BCUT2D eigenvalue weighted by molar-refractivity contribution is -0.121. The molecule has 0 spiro atoms. The zero-order valence-corrected chi connectivity index (χ0v) is 17.9. The second-order valence-corrected chi connectivity index (χ2v) is 7.89. The van der Waals surface area contributed by atoms with Crippen molar-refractivity contribution in [1.29, 1.82) is 0 Å². The van der Waals surface area contributed by atoms with Gasteiger partial charge in [0.15, 0.2) is 0 Å². The number of amides is 1. The molecule has 0 saturated heterocycles. The number of benzene rings is 2. The van der Waals surface area contributed by atoms with E-state index in [4.69, 9.17) is 4.74 Å². The fourth-order valence-corrected chi connectivity index (χ4v) is 3.77. The Kier molecular flexibility index (Phi) is 6.97. The van der Waals surface area contributed by atoms with Crippen LogP contribution in [-0.2, 0) is 11.2 Å². The van der Waals surface area contributed by atoms with Gasteiger partial charge >= 0.3 is 0 Å². The number of carbonyl (C=O) groups is 1. The summed E-state index contributed by atoms with van der Waals surface area (Å²) in [6.45, 7) is 9.70. The Morgan fingerprint density at radius 1 is 1.10 bits per heavy atom. The lowest BCUT2D eigenvalue weighted by Crippen LogP contribution is -2.28. The number of H-pyrrole nitrogens is 1. The Morgan fingerprint density at radius 3 is 2.52 bits per heavy atom. The van der Waals surface area contributed by atoms with Crippen molar-refractivity contribution in [3.63, 3.8) is 0 Å². The van der Waals surface area contributed by atoms with Crippen LogP contribution in [0.1, 0.15) is 56.7 Å². The van der Waals surface area contributed by atoms with Crippen LogP contribution in [0.25, 0.3) is 10.9 Å². The van der Waals surface area contributed by atoms with Gasteiger partial charge in [-0.15, -0.1) is 0 Å². The standard InChI is InChI=1S/C25H32N2O2/c1-5-18-8-7-9-21-23(16-27-25(18)21)22(14-24(28)26-15-17(3)4)19-10-12-20(13-11-19)29-6-2/h7-13,16-17,22,27H,5-6,14-15H2,1-4H3,(H,26,28)/t22-/m1/s1. The predicted octanol–water partition coefficient (Wildman–Crippen LogP) is 5.42. The van der Waals surface area contributed by atoms with Crippen LogP contribution in [0.3, 0.4) is 0 Å². The van der Waals surface area contributed by atoms with Crippen LogP contribution < -0.4 is 10.1 Å². The van der Waals surface area contributed by atoms with Crippen LogP contribution >= 0.6 is 0 Å². The van der Waals surface area contributed by atoms with Gasteiger partial charge in [-0.25, -0.2) is 0 Å². The average molecular weight is 393 g/mol. The van der Waals surface area contributed by atoms with Crippen LogP contribution in [0.5, 0.6) is 5.75 Å². The van der Waals surface area contributed by atoms with Crippen molar-refractivity contribution < 1.29 is 9.53 Å². The van der Waals surface area contributed by atoms with Crippen molar-refractivity contribution >= 4 is 16.8 Å². The van der Waals surface area contributed by atoms with E-state index >= 15 is 0 Å². The topological polar surface area (TPSA) is 54.1 Å². The third-order valence-electron chi connectivity index (χ3n) is 5.28. The number of aromatic nitrogens is 1. The molecule has 4 heteroatoms. The summed E-state index contributed by atoms with van der Waals surface area (Å²) in [6, 6.07) is 14.5. The van der Waals surface area contributed by atoms with Gasteiger partial charge in [0.2, 0.25) is 5.91 Å². The largest absolute Gasteiger partial charge is 0.494 e. The summed E-state index contributed by atoms with van der Waals surface area (Å²) in [5.41, 5.74) is 4.75. The number of aromatic amines is 1. The highest BCUT2D eigenvalue weighted by Gasteiger charge is 2.22. The molecule has 0 bridgehead atoms. The maximum absolute atomic E-state index is 12.7. The van der Waals surface area contributed by atoms with Crippen molar-refractivity contribution in [2.75, 3.05) is 13.2 Å². The number of para-hydroxylation sites is 1. The van der Waals surface area contributed by atoms with Gasteiger partial charge in [-0.1, -0.05) is 51.1 Å². The fourth-order valence-electron chi connectivity index (χ4n) is 3.77. The van der Waals surface area contributed by atoms with Crippen LogP contribution in [-0.4, -0.2) is 24.0 Å². The summed E-state index contributed by atoms with van der Waals surface area (Å²) in [6.07, 6.45) is 3.46. The molecule has 0 aliphatic carbocycles. The molecule has 1 aromatic heterocycles. The summed E-state index contributed by atoms with van der Waals surface area (Å²) in [5.74, 6) is 1.35. The maximum Gasteiger partial charge on any atom is 0.220 e. The molecule has 2 N–H and O–H groups in total. The molecule has 0 aliphatic heterocycles. The number of carbonyl (C=O) groups excluding carboxylic acids is 1. The molecule has 29 heavy (non-hydrogen) atoms. The number of rotatable bonds is 9. The predicted molar refractivity (Wildman–Crippen MR) is 120 cm³/mol. The van der Waals surface area contributed by atoms with E-state index in [1.165, 1.54) is 22.0 Å². The van der Waals surface area contributed by atoms with E-state index in [-0.39, 0.29) is 11.8 Å². The van der Waals surface area contributed by atoms with Crippen LogP contribution in [0.15, 0.2) is 48.7 Å². The molecule has 4 nitrogen and oxygen atoms in total. The van der Waals surface area contributed by atoms with E-state index < -0.39 is 0 Å². The Labute approximate surface area is 173 Å². The van der Waals surface area contributed by atoms with Crippen LogP contribution in [0.2, 0.25) is 0 Å². The maximum atomic E-state index is 12.7. The number of aryl methyl sites for hydroxylation is 1. The molecule has 2 aromatic carbocycles. The Morgan fingerprint density at radius 2 is 1.86 bits per heavy atom. The first kappa shape index (κ1) is 21.0. The van der Waals surface area contributed by atoms with Crippen molar-refractivity contribution in [2.45, 2.75) is 46.5 Å². The normalized spacial score (nSPS) is 12.3. The number of fused-ring (bicyclic) bond motifs is 1. The van der Waals surface area contributed by atoms with Crippen molar-refractivity contribution in [1.82, 2.24) is 10.3 Å². The van der Waals surface area contributed by atoms with Gasteiger partial charge in [0.25, 0.3) is 0 Å². The SMILES string of the molecule is CCOc1ccc([C@@H](CC(=O)NCC(C)C)c2c[nH]c3c(CC)cccc23)cc1. The minimum atomic E-state index is -0.0151. The van der Waals surface area contributed by atoms with Crippen LogP contribution in [0.4, 0.5) is 0 Å². The van der Waals surface area contributed by atoms with E-state index in [1.807, 2.05) is 19.1 Å². The first-order valence-electron chi connectivity index (χ1n) is 10.6. The molecule has 1 amide bonds. The molecule has 1 heterocycles. The summed E-state index contributed by atoms with van der Waals surface area (Å²) in [4.78, 5) is 16.2. The summed E-state index contributed by atoms with van der Waals surface area (Å²) in [7, 11) is 0. The Balaban J connectivity index is 1.97. The van der Waals surface area contributed by atoms with Crippen molar-refractivity contribution in [2.24, 2.45) is 5.92 Å². The molecule has 0 saturated carbocycles. The second kappa shape index (κ2) is 9.64. The molecular weight excluding hydrogens is 360 g/mol. The Hall–Kier alpha value is -2.75. The van der Waals surface area contributed by atoms with Crippen molar-refractivity contribution in [3.05, 3.63) is 65.4 Å². The summed E-state index contributed by atoms with van der Waals surface area (Å²) < 4.78 is 5.59. The molecule has 3 rings (SSSR count). The first-order valence-corrected chi connectivity index (χ1v) is 10.6. The molecule has 0 fully saturated rings. The lowest BCUT2D eigenvalue weighted by Gasteiger charge is -2.18.